The zero-order valence-electron chi connectivity index (χ0n) is 15.9. The van der Waals surface area contributed by atoms with Crippen LogP contribution in [0.3, 0.4) is 0 Å². The Bertz CT molecular complexity index is 1330. The van der Waals surface area contributed by atoms with E-state index in [0.717, 1.165) is 22.0 Å². The van der Waals surface area contributed by atoms with Gasteiger partial charge in [-0.05, 0) is 55.0 Å². The van der Waals surface area contributed by atoms with Crippen molar-refractivity contribution < 1.29 is 8.42 Å². The molecule has 30 heavy (non-hydrogen) atoms. The number of hydrogen-bond donors (Lipinski definition) is 0. The number of halogens is 2. The quantitative estimate of drug-likeness (QED) is 0.380. The third-order valence-corrected chi connectivity index (χ3v) is 5.87. The van der Waals surface area contributed by atoms with Crippen molar-refractivity contribution in [3.8, 4) is 28.6 Å². The van der Waals surface area contributed by atoms with Gasteiger partial charge in [-0.1, -0.05) is 33.6 Å². The molecule has 0 atom stereocenters. The molecule has 0 amide bonds. The van der Waals surface area contributed by atoms with E-state index < -0.39 is 9.84 Å². The van der Waals surface area contributed by atoms with E-state index >= 15 is 0 Å². The van der Waals surface area contributed by atoms with Gasteiger partial charge in [0.15, 0.2) is 20.7 Å². The van der Waals surface area contributed by atoms with Crippen LogP contribution in [0.25, 0.3) is 28.6 Å². The average molecular weight is 505 g/mol. The lowest BCUT2D eigenvalue weighted by molar-refractivity contribution is 0.598. The summed E-state index contributed by atoms with van der Waals surface area (Å²) in [6, 6.07) is 14.2. The lowest BCUT2D eigenvalue weighted by Crippen LogP contribution is -2.03. The molecule has 7 nitrogen and oxygen atoms in total. The van der Waals surface area contributed by atoms with E-state index in [0.29, 0.717) is 28.1 Å². The van der Waals surface area contributed by atoms with Crippen LogP contribution in [-0.2, 0) is 9.84 Å². The number of benzene rings is 1. The van der Waals surface area contributed by atoms with Gasteiger partial charge in [0.25, 0.3) is 0 Å². The van der Waals surface area contributed by atoms with Gasteiger partial charge in [0, 0.05) is 22.5 Å². The van der Waals surface area contributed by atoms with Crippen LogP contribution in [0.2, 0.25) is 5.15 Å². The highest BCUT2D eigenvalue weighted by Gasteiger charge is 2.18. The summed E-state index contributed by atoms with van der Waals surface area (Å²) in [6.07, 6.45) is 2.58. The Hall–Kier alpha value is -2.62. The Balaban J connectivity index is 1.91. The van der Waals surface area contributed by atoms with Crippen LogP contribution in [-0.4, -0.2) is 39.4 Å². The van der Waals surface area contributed by atoms with E-state index in [1.54, 1.807) is 28.9 Å². The van der Waals surface area contributed by atoms with Crippen LogP contribution in [0.1, 0.15) is 5.56 Å². The van der Waals surface area contributed by atoms with Crippen LogP contribution < -0.4 is 0 Å². The molecule has 0 N–H and O–H groups in total. The summed E-state index contributed by atoms with van der Waals surface area (Å²) in [5.74, 6) is 0.883. The molecule has 0 fully saturated rings. The highest BCUT2D eigenvalue weighted by molar-refractivity contribution is 9.10. The molecular formula is C20H15BrClN5O2S. The first-order valence-corrected chi connectivity index (χ1v) is 11.8. The van der Waals surface area contributed by atoms with E-state index in [1.807, 2.05) is 25.1 Å². The summed E-state index contributed by atoms with van der Waals surface area (Å²) >= 11 is 9.54. The van der Waals surface area contributed by atoms with Crippen LogP contribution >= 0.6 is 27.5 Å². The molecule has 1 aromatic carbocycles. The van der Waals surface area contributed by atoms with Gasteiger partial charge in [-0.15, -0.1) is 5.10 Å². The fourth-order valence-electron chi connectivity index (χ4n) is 2.89. The molecule has 0 unspecified atom stereocenters. The maximum Gasteiger partial charge on any atom is 0.200 e. The molecule has 0 aliphatic carbocycles. The maximum atomic E-state index is 11.7. The normalized spacial score (nSPS) is 11.6. The lowest BCUT2D eigenvalue weighted by atomic mass is 10.2. The Morgan fingerprint density at radius 3 is 2.50 bits per heavy atom. The zero-order valence-corrected chi connectivity index (χ0v) is 19.1. The number of hydrogen-bond acceptors (Lipinski definition) is 6. The first-order valence-electron chi connectivity index (χ1n) is 8.75. The van der Waals surface area contributed by atoms with Gasteiger partial charge in [-0.25, -0.2) is 28.1 Å². The third-order valence-electron chi connectivity index (χ3n) is 4.20. The largest absolute Gasteiger partial charge is 0.244 e. The van der Waals surface area contributed by atoms with E-state index in [9.17, 15) is 8.42 Å². The fraction of sp³-hybridized carbons (Fsp3) is 0.100. The van der Waals surface area contributed by atoms with Gasteiger partial charge >= 0.3 is 0 Å². The molecule has 3 aromatic heterocycles. The van der Waals surface area contributed by atoms with Gasteiger partial charge in [0.1, 0.15) is 10.8 Å². The minimum absolute atomic E-state index is 0.00709. The topological polar surface area (TPSA) is 90.6 Å². The predicted molar refractivity (Wildman–Crippen MR) is 118 cm³/mol. The van der Waals surface area contributed by atoms with Crippen molar-refractivity contribution >= 4 is 37.4 Å². The van der Waals surface area contributed by atoms with Crippen molar-refractivity contribution in [1.82, 2.24) is 24.7 Å². The van der Waals surface area contributed by atoms with Crippen LogP contribution in [0.5, 0.6) is 0 Å². The molecule has 0 saturated heterocycles. The Morgan fingerprint density at radius 2 is 1.87 bits per heavy atom. The molecule has 0 aliphatic heterocycles. The summed E-state index contributed by atoms with van der Waals surface area (Å²) in [7, 11) is -3.40. The summed E-state index contributed by atoms with van der Waals surface area (Å²) in [5.41, 5.74) is 2.95. The van der Waals surface area contributed by atoms with E-state index in [-0.39, 0.29) is 5.03 Å². The molecule has 0 saturated carbocycles. The van der Waals surface area contributed by atoms with Crippen molar-refractivity contribution in [2.75, 3.05) is 6.26 Å². The molecule has 10 heteroatoms. The van der Waals surface area contributed by atoms with Crippen molar-refractivity contribution in [3.63, 3.8) is 0 Å². The molecule has 0 spiro atoms. The van der Waals surface area contributed by atoms with Crippen molar-refractivity contribution in [3.05, 3.63) is 69.9 Å². The number of pyridine rings is 2. The van der Waals surface area contributed by atoms with Crippen LogP contribution in [0.15, 0.2) is 64.2 Å². The molecule has 4 rings (SSSR count). The summed E-state index contributed by atoms with van der Waals surface area (Å²) in [6.45, 7) is 1.98. The SMILES string of the molecule is Cc1cc(Br)cc(-n2nc(-c3cccc(Cl)n3)nc2-c2ccc(S(C)(=O)=O)nc2)c1. The smallest absolute Gasteiger partial charge is 0.200 e. The highest BCUT2D eigenvalue weighted by Crippen LogP contribution is 2.27. The second-order valence-corrected chi connectivity index (χ2v) is 9.93. The molecule has 0 bridgehead atoms. The molecule has 0 radical (unpaired) electrons. The number of nitrogens with zero attached hydrogens (tertiary/aromatic N) is 5. The van der Waals surface area contributed by atoms with Gasteiger partial charge in [0.05, 0.1) is 5.69 Å². The molecular weight excluding hydrogens is 490 g/mol. The standard InChI is InChI=1S/C20H15BrClN5O2S/c1-12-8-14(21)10-15(9-12)27-20(13-6-7-18(23-11-13)30(2,28)29)25-19(26-27)16-4-3-5-17(22)24-16/h3-11H,1-2H3. The van der Waals surface area contributed by atoms with Crippen molar-refractivity contribution in [2.24, 2.45) is 0 Å². The second kappa shape index (κ2) is 7.90. The van der Waals surface area contributed by atoms with Gasteiger partial charge in [-0.3, -0.25) is 0 Å². The number of aromatic nitrogens is 5. The van der Waals surface area contributed by atoms with Crippen LogP contribution in [0.4, 0.5) is 0 Å². The number of rotatable bonds is 4. The van der Waals surface area contributed by atoms with E-state index in [2.05, 4.69) is 36.0 Å². The predicted octanol–water partition coefficient (Wildman–Crippen LogP) is 4.52. The third kappa shape index (κ3) is 4.28. The fourth-order valence-corrected chi connectivity index (χ4v) is 4.21. The summed E-state index contributed by atoms with van der Waals surface area (Å²) in [4.78, 5) is 13.0. The monoisotopic (exact) mass is 503 g/mol. The van der Waals surface area contributed by atoms with Crippen LogP contribution in [0, 0.1) is 6.92 Å². The maximum absolute atomic E-state index is 11.7. The van der Waals surface area contributed by atoms with Crippen molar-refractivity contribution in [2.45, 2.75) is 11.9 Å². The minimum Gasteiger partial charge on any atom is -0.244 e. The Kier molecular flexibility index (Phi) is 5.44. The van der Waals surface area contributed by atoms with Gasteiger partial charge in [0.2, 0.25) is 5.82 Å². The molecule has 152 valence electrons. The van der Waals surface area contributed by atoms with E-state index in [1.165, 1.54) is 12.3 Å². The minimum atomic E-state index is -3.40. The summed E-state index contributed by atoms with van der Waals surface area (Å²) in [5, 5.41) is 4.97. The molecule has 3 heterocycles. The molecule has 0 aliphatic rings. The Morgan fingerprint density at radius 1 is 1.07 bits per heavy atom. The zero-order chi connectivity index (χ0) is 21.5. The first kappa shape index (κ1) is 20.6. The van der Waals surface area contributed by atoms with Gasteiger partial charge in [-0.2, -0.15) is 0 Å². The van der Waals surface area contributed by atoms with Gasteiger partial charge < -0.3 is 0 Å². The highest BCUT2D eigenvalue weighted by atomic mass is 79.9. The first-order chi connectivity index (χ1) is 14.2. The van der Waals surface area contributed by atoms with Crippen molar-refractivity contribution in [1.29, 1.82) is 0 Å². The Labute approximate surface area is 186 Å². The second-order valence-electron chi connectivity index (χ2n) is 6.66. The van der Waals surface area contributed by atoms with E-state index in [4.69, 9.17) is 11.6 Å². The lowest BCUT2D eigenvalue weighted by Gasteiger charge is -2.08. The molecule has 4 aromatic rings. The number of sulfone groups is 1. The summed E-state index contributed by atoms with van der Waals surface area (Å²) < 4.78 is 26.1. The average Bonchev–Trinajstić information content (AvgIpc) is 3.12. The number of aryl methyl sites for hydroxylation is 1.